The average Bonchev–Trinajstić information content (AvgIpc) is 2.41. The summed E-state index contributed by atoms with van der Waals surface area (Å²) < 4.78 is 10.5. The molecule has 0 bridgehead atoms. The lowest BCUT2D eigenvalue weighted by Crippen LogP contribution is -1.97. The Balaban J connectivity index is 2.32. The van der Waals surface area contributed by atoms with E-state index in [2.05, 4.69) is 9.97 Å². The molecule has 0 aliphatic carbocycles. The van der Waals surface area contributed by atoms with Crippen LogP contribution in [0.2, 0.25) is 0 Å². The summed E-state index contributed by atoms with van der Waals surface area (Å²) in [7, 11) is 1.55. The van der Waals surface area contributed by atoms with Gasteiger partial charge in [0.05, 0.1) is 12.8 Å². The molecule has 0 radical (unpaired) electrons. The number of methoxy groups -OCH3 is 1. The Morgan fingerprint density at radius 1 is 1.28 bits per heavy atom. The van der Waals surface area contributed by atoms with Crippen LogP contribution in [0.3, 0.4) is 0 Å². The molecular formula is C12H10N4O2. The quantitative estimate of drug-likeness (QED) is 0.823. The number of hydrogen-bond acceptors (Lipinski definition) is 6. The predicted molar refractivity (Wildman–Crippen MR) is 64.2 cm³/mol. The number of aromatic nitrogens is 2. The number of ether oxygens (including phenoxy) is 2. The van der Waals surface area contributed by atoms with Gasteiger partial charge in [0, 0.05) is 18.5 Å². The fourth-order valence-electron chi connectivity index (χ4n) is 1.33. The van der Waals surface area contributed by atoms with Crippen molar-refractivity contribution >= 4 is 5.69 Å². The maximum atomic E-state index is 8.86. The first-order valence-corrected chi connectivity index (χ1v) is 5.07. The summed E-state index contributed by atoms with van der Waals surface area (Å²) in [5.41, 5.74) is 6.30. The molecule has 0 fully saturated rings. The van der Waals surface area contributed by atoms with Gasteiger partial charge in [0.1, 0.15) is 11.8 Å². The highest BCUT2D eigenvalue weighted by molar-refractivity contribution is 5.57. The second kappa shape index (κ2) is 5.01. The maximum absolute atomic E-state index is 8.86. The Morgan fingerprint density at radius 2 is 2.06 bits per heavy atom. The molecule has 1 heterocycles. The van der Waals surface area contributed by atoms with Gasteiger partial charge in [-0.2, -0.15) is 5.26 Å². The van der Waals surface area contributed by atoms with E-state index >= 15 is 0 Å². The predicted octanol–water partition coefficient (Wildman–Crippen LogP) is 1.73. The number of nitrogens with zero attached hydrogens (tertiary/aromatic N) is 3. The van der Waals surface area contributed by atoms with E-state index in [1.165, 1.54) is 12.4 Å². The zero-order chi connectivity index (χ0) is 13.0. The Bertz CT molecular complexity index is 607. The van der Waals surface area contributed by atoms with E-state index in [1.54, 1.807) is 25.3 Å². The molecule has 2 aromatic rings. The van der Waals surface area contributed by atoms with Crippen LogP contribution >= 0.6 is 0 Å². The van der Waals surface area contributed by atoms with Crippen LogP contribution in [0.1, 0.15) is 5.69 Å². The van der Waals surface area contributed by atoms with E-state index in [4.69, 9.17) is 20.5 Å². The summed E-state index contributed by atoms with van der Waals surface area (Å²) in [5.74, 6) is 1.14. The summed E-state index contributed by atoms with van der Waals surface area (Å²) in [4.78, 5) is 7.78. The second-order valence-corrected chi connectivity index (χ2v) is 3.33. The van der Waals surface area contributed by atoms with Crippen molar-refractivity contribution in [1.29, 1.82) is 5.26 Å². The highest BCUT2D eigenvalue weighted by Crippen LogP contribution is 2.30. The first kappa shape index (κ1) is 11.7. The number of benzene rings is 1. The van der Waals surface area contributed by atoms with Crippen LogP contribution in [-0.4, -0.2) is 17.1 Å². The van der Waals surface area contributed by atoms with Crippen molar-refractivity contribution in [1.82, 2.24) is 9.97 Å². The summed E-state index contributed by atoms with van der Waals surface area (Å²) in [6.45, 7) is 0. The van der Waals surface area contributed by atoms with Crippen LogP contribution in [0.25, 0.3) is 0 Å². The zero-order valence-corrected chi connectivity index (χ0v) is 9.62. The molecule has 6 nitrogen and oxygen atoms in total. The third-order valence-corrected chi connectivity index (χ3v) is 2.19. The molecular weight excluding hydrogens is 232 g/mol. The molecule has 0 saturated carbocycles. The van der Waals surface area contributed by atoms with Crippen LogP contribution in [0.15, 0.2) is 30.6 Å². The Hall–Kier alpha value is -2.81. The first-order valence-electron chi connectivity index (χ1n) is 5.07. The fourth-order valence-corrected chi connectivity index (χ4v) is 1.33. The van der Waals surface area contributed by atoms with E-state index < -0.39 is 0 Å². The minimum absolute atomic E-state index is 0.104. The molecule has 0 atom stereocenters. The van der Waals surface area contributed by atoms with Gasteiger partial charge in [-0.1, -0.05) is 0 Å². The van der Waals surface area contributed by atoms with Crippen molar-refractivity contribution < 1.29 is 9.47 Å². The third kappa shape index (κ3) is 2.30. The number of nitrogen functional groups attached to an aromatic ring is 1. The molecule has 90 valence electrons. The van der Waals surface area contributed by atoms with E-state index in [0.29, 0.717) is 17.2 Å². The number of nitrogens with two attached hydrogens (primary N) is 1. The summed E-state index contributed by atoms with van der Waals surface area (Å²) in [5, 5.41) is 8.86. The monoisotopic (exact) mass is 242 g/mol. The van der Waals surface area contributed by atoms with Crippen LogP contribution in [0.4, 0.5) is 5.69 Å². The van der Waals surface area contributed by atoms with Gasteiger partial charge in [0.25, 0.3) is 5.88 Å². The summed E-state index contributed by atoms with van der Waals surface area (Å²) in [6.07, 6.45) is 2.86. The Morgan fingerprint density at radius 3 is 2.72 bits per heavy atom. The van der Waals surface area contributed by atoms with Crippen molar-refractivity contribution in [3.05, 3.63) is 36.3 Å². The van der Waals surface area contributed by atoms with E-state index in [-0.39, 0.29) is 11.6 Å². The molecule has 0 saturated heterocycles. The first-order chi connectivity index (χ1) is 8.74. The largest absolute Gasteiger partial charge is 0.497 e. The molecule has 2 N–H and O–H groups in total. The highest BCUT2D eigenvalue weighted by Gasteiger charge is 2.09. The summed E-state index contributed by atoms with van der Waals surface area (Å²) >= 11 is 0. The SMILES string of the molecule is COc1ccc(Oc2nccnc2C#N)c(N)c1. The molecule has 0 spiro atoms. The average molecular weight is 242 g/mol. The Kier molecular flexibility index (Phi) is 3.25. The standard InChI is InChI=1S/C12H10N4O2/c1-17-8-2-3-11(9(14)6-8)18-12-10(7-13)15-4-5-16-12/h2-6H,14H2,1H3. The van der Waals surface area contributed by atoms with Crippen LogP contribution in [0.5, 0.6) is 17.4 Å². The molecule has 18 heavy (non-hydrogen) atoms. The fraction of sp³-hybridized carbons (Fsp3) is 0.0833. The molecule has 0 aliphatic heterocycles. The molecule has 0 aliphatic rings. The topological polar surface area (TPSA) is 94.0 Å². The number of rotatable bonds is 3. The maximum Gasteiger partial charge on any atom is 0.256 e. The number of anilines is 1. The second-order valence-electron chi connectivity index (χ2n) is 3.33. The lowest BCUT2D eigenvalue weighted by molar-refractivity contribution is 0.412. The van der Waals surface area contributed by atoms with Gasteiger partial charge in [-0.3, -0.25) is 0 Å². The Labute approximate surface area is 104 Å². The molecule has 1 aromatic heterocycles. The van der Waals surface area contributed by atoms with E-state index in [9.17, 15) is 0 Å². The molecule has 6 heteroatoms. The lowest BCUT2D eigenvalue weighted by Gasteiger charge is -2.09. The molecule has 1 aromatic carbocycles. The van der Waals surface area contributed by atoms with Crippen molar-refractivity contribution in [2.24, 2.45) is 0 Å². The molecule has 2 rings (SSSR count). The van der Waals surface area contributed by atoms with Crippen LogP contribution in [0, 0.1) is 11.3 Å². The van der Waals surface area contributed by atoms with Gasteiger partial charge in [-0.05, 0) is 12.1 Å². The van der Waals surface area contributed by atoms with Crippen LogP contribution < -0.4 is 15.2 Å². The minimum atomic E-state index is 0.104. The van der Waals surface area contributed by atoms with Crippen LogP contribution in [-0.2, 0) is 0 Å². The minimum Gasteiger partial charge on any atom is -0.497 e. The summed E-state index contributed by atoms with van der Waals surface area (Å²) in [6, 6.07) is 6.86. The zero-order valence-electron chi connectivity index (χ0n) is 9.62. The molecule has 0 unspecified atom stereocenters. The normalized spacial score (nSPS) is 9.56. The van der Waals surface area contributed by atoms with E-state index in [0.717, 1.165) is 0 Å². The lowest BCUT2D eigenvalue weighted by atomic mass is 10.3. The van der Waals surface area contributed by atoms with Gasteiger partial charge >= 0.3 is 0 Å². The highest BCUT2D eigenvalue weighted by atomic mass is 16.5. The number of hydrogen-bond donors (Lipinski definition) is 1. The van der Waals surface area contributed by atoms with Gasteiger partial charge < -0.3 is 15.2 Å². The van der Waals surface area contributed by atoms with Crippen molar-refractivity contribution in [3.8, 4) is 23.4 Å². The van der Waals surface area contributed by atoms with Crippen molar-refractivity contribution in [2.45, 2.75) is 0 Å². The van der Waals surface area contributed by atoms with Crippen molar-refractivity contribution in [2.75, 3.05) is 12.8 Å². The van der Waals surface area contributed by atoms with Crippen molar-refractivity contribution in [3.63, 3.8) is 0 Å². The van der Waals surface area contributed by atoms with E-state index in [1.807, 2.05) is 6.07 Å². The molecule has 0 amide bonds. The van der Waals surface area contributed by atoms with Gasteiger partial charge in [-0.15, -0.1) is 0 Å². The van der Waals surface area contributed by atoms with Gasteiger partial charge in [-0.25, -0.2) is 9.97 Å². The third-order valence-electron chi connectivity index (χ3n) is 2.19. The van der Waals surface area contributed by atoms with Gasteiger partial charge in [0.15, 0.2) is 5.75 Å². The smallest absolute Gasteiger partial charge is 0.256 e. The van der Waals surface area contributed by atoms with Gasteiger partial charge in [0.2, 0.25) is 5.69 Å². The number of nitriles is 1.